The molecule has 0 amide bonds. The highest BCUT2D eigenvalue weighted by Gasteiger charge is 2.02. The van der Waals surface area contributed by atoms with Crippen LogP contribution in [0.3, 0.4) is 0 Å². The lowest BCUT2D eigenvalue weighted by molar-refractivity contribution is -0.136. The van der Waals surface area contributed by atoms with Gasteiger partial charge in [-0.05, 0) is 17.7 Å². The van der Waals surface area contributed by atoms with Crippen molar-refractivity contribution in [2.45, 2.75) is 26.3 Å². The zero-order chi connectivity index (χ0) is 14.4. The van der Waals surface area contributed by atoms with Gasteiger partial charge in [0.15, 0.2) is 0 Å². The molecule has 0 fully saturated rings. The molecule has 5 heteroatoms. The number of rotatable bonds is 7. The molecule has 0 saturated carbocycles. The number of hydrogen-bond donors (Lipinski definition) is 1. The molecular formula is C15H18N2O3. The Morgan fingerprint density at radius 3 is 2.75 bits per heavy atom. The lowest BCUT2D eigenvalue weighted by atomic mass is 10.1. The quantitative estimate of drug-likeness (QED) is 0.840. The predicted octanol–water partition coefficient (Wildman–Crippen LogP) is 2.15. The number of aryl methyl sites for hydroxylation is 1. The van der Waals surface area contributed by atoms with Crippen LogP contribution in [0, 0.1) is 0 Å². The largest absolute Gasteiger partial charge is 0.492 e. The van der Waals surface area contributed by atoms with Crippen LogP contribution in [0.25, 0.3) is 0 Å². The minimum Gasteiger partial charge on any atom is -0.492 e. The van der Waals surface area contributed by atoms with Crippen LogP contribution in [0.5, 0.6) is 5.75 Å². The third kappa shape index (κ3) is 3.85. The fourth-order valence-electron chi connectivity index (χ4n) is 2.00. The first kappa shape index (κ1) is 14.1. The van der Waals surface area contributed by atoms with E-state index in [1.54, 1.807) is 30.5 Å². The predicted molar refractivity (Wildman–Crippen MR) is 74.9 cm³/mol. The highest BCUT2D eigenvalue weighted by Crippen LogP contribution is 2.13. The lowest BCUT2D eigenvalue weighted by Gasteiger charge is -2.09. The average molecular weight is 274 g/mol. The summed E-state index contributed by atoms with van der Waals surface area (Å²) in [6, 6.07) is 7.15. The molecule has 1 heterocycles. The molecule has 2 aromatic rings. The highest BCUT2D eigenvalue weighted by molar-refractivity contribution is 5.70. The smallest absolute Gasteiger partial charge is 0.307 e. The van der Waals surface area contributed by atoms with Gasteiger partial charge in [-0.1, -0.05) is 19.1 Å². The molecule has 0 bridgehead atoms. The van der Waals surface area contributed by atoms with E-state index in [1.807, 2.05) is 6.20 Å². The van der Waals surface area contributed by atoms with Gasteiger partial charge >= 0.3 is 5.97 Å². The maximum Gasteiger partial charge on any atom is 0.307 e. The van der Waals surface area contributed by atoms with Crippen molar-refractivity contribution in [3.63, 3.8) is 0 Å². The molecule has 106 valence electrons. The van der Waals surface area contributed by atoms with E-state index in [4.69, 9.17) is 9.84 Å². The zero-order valence-electron chi connectivity index (χ0n) is 11.5. The minimum absolute atomic E-state index is 0.0369. The Bertz CT molecular complexity index is 561. The van der Waals surface area contributed by atoms with Crippen molar-refractivity contribution in [1.29, 1.82) is 0 Å². The summed E-state index contributed by atoms with van der Waals surface area (Å²) < 4.78 is 7.71. The van der Waals surface area contributed by atoms with Gasteiger partial charge in [-0.3, -0.25) is 4.79 Å². The van der Waals surface area contributed by atoms with Crippen molar-refractivity contribution in [3.8, 4) is 5.75 Å². The van der Waals surface area contributed by atoms with Crippen molar-refractivity contribution in [2.24, 2.45) is 0 Å². The number of aromatic nitrogens is 2. The summed E-state index contributed by atoms with van der Waals surface area (Å²) in [5.74, 6) is 0.966. The van der Waals surface area contributed by atoms with E-state index in [-0.39, 0.29) is 6.42 Å². The highest BCUT2D eigenvalue weighted by atomic mass is 16.5. The molecule has 0 aliphatic rings. The molecule has 0 aliphatic heterocycles. The van der Waals surface area contributed by atoms with Crippen molar-refractivity contribution in [1.82, 2.24) is 9.55 Å². The fourth-order valence-corrected chi connectivity index (χ4v) is 2.00. The molecule has 0 radical (unpaired) electrons. The number of nitrogens with zero attached hydrogens (tertiary/aromatic N) is 2. The monoisotopic (exact) mass is 274 g/mol. The van der Waals surface area contributed by atoms with E-state index in [0.717, 1.165) is 30.1 Å². The zero-order valence-corrected chi connectivity index (χ0v) is 11.5. The van der Waals surface area contributed by atoms with E-state index < -0.39 is 5.97 Å². The van der Waals surface area contributed by atoms with Crippen LogP contribution in [-0.4, -0.2) is 27.2 Å². The molecular weight excluding hydrogens is 256 g/mol. The van der Waals surface area contributed by atoms with Gasteiger partial charge < -0.3 is 14.4 Å². The third-order valence-electron chi connectivity index (χ3n) is 3.00. The van der Waals surface area contributed by atoms with E-state index in [9.17, 15) is 4.79 Å². The van der Waals surface area contributed by atoms with Crippen LogP contribution >= 0.6 is 0 Å². The molecule has 1 aromatic heterocycles. The summed E-state index contributed by atoms with van der Waals surface area (Å²) in [6.45, 7) is 3.38. The van der Waals surface area contributed by atoms with Crippen LogP contribution in [-0.2, 0) is 24.2 Å². The van der Waals surface area contributed by atoms with Gasteiger partial charge in [-0.15, -0.1) is 0 Å². The Kier molecular flexibility index (Phi) is 4.76. The molecule has 1 N–H and O–H groups in total. The normalized spacial score (nSPS) is 10.4. The number of aliphatic carboxylic acids is 1. The molecule has 0 spiro atoms. The van der Waals surface area contributed by atoms with Crippen LogP contribution in [0.4, 0.5) is 0 Å². The van der Waals surface area contributed by atoms with Gasteiger partial charge in [-0.25, -0.2) is 4.98 Å². The maximum atomic E-state index is 10.6. The van der Waals surface area contributed by atoms with Gasteiger partial charge in [0.05, 0.1) is 13.0 Å². The molecule has 0 atom stereocenters. The van der Waals surface area contributed by atoms with Gasteiger partial charge in [0.25, 0.3) is 0 Å². The summed E-state index contributed by atoms with van der Waals surface area (Å²) in [5.41, 5.74) is 0.771. The number of benzene rings is 1. The first-order valence-electron chi connectivity index (χ1n) is 6.62. The van der Waals surface area contributed by atoms with E-state index >= 15 is 0 Å². The van der Waals surface area contributed by atoms with Gasteiger partial charge in [0.1, 0.15) is 18.2 Å². The summed E-state index contributed by atoms with van der Waals surface area (Å²) in [5, 5.41) is 8.69. The third-order valence-corrected chi connectivity index (χ3v) is 3.00. The van der Waals surface area contributed by atoms with E-state index in [2.05, 4.69) is 16.5 Å². The van der Waals surface area contributed by atoms with Crippen LogP contribution < -0.4 is 4.74 Å². The molecule has 5 nitrogen and oxygen atoms in total. The molecule has 0 saturated heterocycles. The molecule has 2 rings (SSSR count). The second-order valence-electron chi connectivity index (χ2n) is 4.45. The first-order chi connectivity index (χ1) is 9.69. The first-order valence-corrected chi connectivity index (χ1v) is 6.62. The fraction of sp³-hybridized carbons (Fsp3) is 0.333. The van der Waals surface area contributed by atoms with Gasteiger partial charge in [0.2, 0.25) is 0 Å². The Hall–Kier alpha value is -2.30. The standard InChI is InChI=1S/C15H18N2O3/c1-2-14-16-7-8-17(14)9-10-20-13-5-3-12(4-6-13)11-15(18)19/h3-8H,2,9-11H2,1H3,(H,18,19). The minimum atomic E-state index is -0.828. The number of hydrogen-bond acceptors (Lipinski definition) is 3. The van der Waals surface area contributed by atoms with E-state index in [1.165, 1.54) is 0 Å². The van der Waals surface area contributed by atoms with Gasteiger partial charge in [0, 0.05) is 18.8 Å². The Morgan fingerprint density at radius 2 is 2.10 bits per heavy atom. The van der Waals surface area contributed by atoms with Crippen molar-refractivity contribution < 1.29 is 14.6 Å². The summed E-state index contributed by atoms with van der Waals surface area (Å²) >= 11 is 0. The van der Waals surface area contributed by atoms with Crippen molar-refractivity contribution in [2.75, 3.05) is 6.61 Å². The SMILES string of the molecule is CCc1nccn1CCOc1ccc(CC(=O)O)cc1. The summed E-state index contributed by atoms with van der Waals surface area (Å²) in [7, 11) is 0. The molecule has 0 aliphatic carbocycles. The number of carbonyl (C=O) groups is 1. The number of carboxylic acids is 1. The Labute approximate surface area is 117 Å². The number of carboxylic acid groups (broad SMARTS) is 1. The topological polar surface area (TPSA) is 64.4 Å². The lowest BCUT2D eigenvalue weighted by Crippen LogP contribution is -2.10. The Morgan fingerprint density at radius 1 is 1.35 bits per heavy atom. The summed E-state index contributed by atoms with van der Waals surface area (Å²) in [4.78, 5) is 14.8. The second kappa shape index (κ2) is 6.75. The molecule has 1 aromatic carbocycles. The van der Waals surface area contributed by atoms with Crippen molar-refractivity contribution >= 4 is 5.97 Å². The molecule has 20 heavy (non-hydrogen) atoms. The summed E-state index contributed by atoms with van der Waals surface area (Å²) in [6.07, 6.45) is 4.67. The second-order valence-corrected chi connectivity index (χ2v) is 4.45. The molecule has 0 unspecified atom stereocenters. The maximum absolute atomic E-state index is 10.6. The Balaban J connectivity index is 1.83. The van der Waals surface area contributed by atoms with Gasteiger partial charge in [-0.2, -0.15) is 0 Å². The number of ether oxygens (including phenoxy) is 1. The number of imidazole rings is 1. The van der Waals surface area contributed by atoms with Crippen LogP contribution in [0.15, 0.2) is 36.7 Å². The van der Waals surface area contributed by atoms with E-state index in [0.29, 0.717) is 6.61 Å². The van der Waals surface area contributed by atoms with Crippen LogP contribution in [0.2, 0.25) is 0 Å². The van der Waals surface area contributed by atoms with Crippen molar-refractivity contribution in [3.05, 3.63) is 48.0 Å². The average Bonchev–Trinajstić information content (AvgIpc) is 2.87. The van der Waals surface area contributed by atoms with Crippen LogP contribution in [0.1, 0.15) is 18.3 Å².